The first kappa shape index (κ1) is 26.6. The van der Waals surface area contributed by atoms with Gasteiger partial charge in [0.15, 0.2) is 5.96 Å². The van der Waals surface area contributed by atoms with Gasteiger partial charge in [-0.3, -0.25) is 4.90 Å². The molecule has 0 bridgehead atoms. The predicted octanol–water partition coefficient (Wildman–Crippen LogP) is 2.94. The minimum atomic E-state index is -3.37. The fourth-order valence-corrected chi connectivity index (χ4v) is 5.84. The highest BCUT2D eigenvalue weighted by Crippen LogP contribution is 2.24. The topological polar surface area (TPSA) is 77.0 Å². The molecule has 1 fully saturated rings. The summed E-state index contributed by atoms with van der Waals surface area (Å²) in [5.74, 6) is 0.776. The second-order valence-electron chi connectivity index (χ2n) is 7.22. The molecular weight excluding hydrogens is 521 g/mol. The van der Waals surface area contributed by atoms with Gasteiger partial charge >= 0.3 is 0 Å². The Morgan fingerprint density at radius 1 is 1.28 bits per heavy atom. The molecule has 0 amide bonds. The Hall–Kier alpha value is -0.430. The van der Waals surface area contributed by atoms with Crippen molar-refractivity contribution in [2.45, 2.75) is 56.3 Å². The van der Waals surface area contributed by atoms with Gasteiger partial charge in [-0.15, -0.1) is 35.3 Å². The lowest BCUT2D eigenvalue weighted by Crippen LogP contribution is -2.45. The number of likely N-dealkylation sites (tertiary alicyclic amines) is 1. The van der Waals surface area contributed by atoms with E-state index in [1.54, 1.807) is 20.2 Å². The maximum atomic E-state index is 12.2. The van der Waals surface area contributed by atoms with Crippen LogP contribution in [0.1, 0.15) is 44.4 Å². The second-order valence-corrected chi connectivity index (χ2v) is 10.8. The van der Waals surface area contributed by atoms with E-state index in [2.05, 4.69) is 27.4 Å². The van der Waals surface area contributed by atoms with E-state index in [-0.39, 0.29) is 24.0 Å². The van der Waals surface area contributed by atoms with E-state index in [1.165, 1.54) is 47.9 Å². The monoisotopic (exact) mass is 557 g/mol. The molecule has 0 radical (unpaired) electrons. The molecule has 7 nitrogen and oxygen atoms in total. The van der Waals surface area contributed by atoms with Crippen molar-refractivity contribution in [2.75, 3.05) is 40.3 Å². The number of hydrogen-bond acceptors (Lipinski definition) is 5. The Balaban J connectivity index is 0.00000420. The van der Waals surface area contributed by atoms with Gasteiger partial charge in [0.05, 0.1) is 6.54 Å². The summed E-state index contributed by atoms with van der Waals surface area (Å²) in [5.41, 5.74) is 0. The standard InChI is InChI=1S/C19H35N5O2S2.HI/c1-5-16-9-7-8-13-24(16)14-12-21-19(20-6-2)22-15-17-10-11-18(27-17)28(25,26)23(3)4;/h10-11,16H,5-9,12-15H2,1-4H3,(H2,20,21,22);1H. The van der Waals surface area contributed by atoms with Crippen molar-refractivity contribution in [3.05, 3.63) is 17.0 Å². The van der Waals surface area contributed by atoms with Crippen molar-refractivity contribution >= 4 is 51.3 Å². The first-order valence-electron chi connectivity index (χ1n) is 10.2. The summed E-state index contributed by atoms with van der Waals surface area (Å²) in [6.45, 7) is 8.63. The number of nitrogens with one attached hydrogen (secondary N) is 2. The van der Waals surface area contributed by atoms with E-state index in [1.807, 2.05) is 13.0 Å². The average Bonchev–Trinajstić information content (AvgIpc) is 3.16. The van der Waals surface area contributed by atoms with E-state index in [9.17, 15) is 8.42 Å². The molecule has 1 saturated heterocycles. The number of nitrogens with zero attached hydrogens (tertiary/aromatic N) is 3. The molecule has 0 saturated carbocycles. The van der Waals surface area contributed by atoms with Gasteiger partial charge in [-0.25, -0.2) is 17.7 Å². The highest BCUT2D eigenvalue weighted by molar-refractivity contribution is 14.0. The smallest absolute Gasteiger partial charge is 0.252 e. The minimum absolute atomic E-state index is 0. The van der Waals surface area contributed by atoms with Gasteiger partial charge in [0.25, 0.3) is 10.0 Å². The first-order chi connectivity index (χ1) is 13.4. The van der Waals surface area contributed by atoms with Gasteiger partial charge in [-0.1, -0.05) is 13.3 Å². The summed E-state index contributed by atoms with van der Waals surface area (Å²) < 4.78 is 26.0. The van der Waals surface area contributed by atoms with Crippen molar-refractivity contribution in [3.63, 3.8) is 0 Å². The zero-order chi connectivity index (χ0) is 20.6. The summed E-state index contributed by atoms with van der Waals surface area (Å²) >= 11 is 1.28. The molecule has 1 aliphatic rings. The number of guanidine groups is 1. The van der Waals surface area contributed by atoms with Gasteiger partial charge < -0.3 is 10.6 Å². The number of sulfonamides is 1. The molecule has 2 rings (SSSR count). The van der Waals surface area contributed by atoms with Crippen LogP contribution in [-0.2, 0) is 16.6 Å². The normalized spacial score (nSPS) is 18.5. The first-order valence-corrected chi connectivity index (χ1v) is 12.4. The molecule has 2 N–H and O–H groups in total. The highest BCUT2D eigenvalue weighted by Gasteiger charge is 2.20. The predicted molar refractivity (Wildman–Crippen MR) is 133 cm³/mol. The van der Waals surface area contributed by atoms with Crippen molar-refractivity contribution in [2.24, 2.45) is 4.99 Å². The largest absolute Gasteiger partial charge is 0.357 e. The summed E-state index contributed by atoms with van der Waals surface area (Å²) in [7, 11) is -0.278. The van der Waals surface area contributed by atoms with Crippen LogP contribution in [0.3, 0.4) is 0 Å². The van der Waals surface area contributed by atoms with Gasteiger partial charge in [0, 0.05) is 44.6 Å². The second kappa shape index (κ2) is 13.1. The Bertz CT molecular complexity index is 737. The summed E-state index contributed by atoms with van der Waals surface area (Å²) in [4.78, 5) is 8.14. The molecule has 1 unspecified atom stereocenters. The number of aliphatic imine (C=N–C) groups is 1. The van der Waals surface area contributed by atoms with E-state index in [0.717, 1.165) is 30.5 Å². The average molecular weight is 558 g/mol. The maximum absolute atomic E-state index is 12.2. The Kier molecular flexibility index (Phi) is 12.0. The molecule has 10 heteroatoms. The lowest BCUT2D eigenvalue weighted by atomic mass is 10.0. The number of hydrogen-bond donors (Lipinski definition) is 2. The quantitative estimate of drug-likeness (QED) is 0.278. The van der Waals surface area contributed by atoms with Crippen molar-refractivity contribution in [1.82, 2.24) is 19.8 Å². The van der Waals surface area contributed by atoms with Crippen LogP contribution in [0.2, 0.25) is 0 Å². The van der Waals surface area contributed by atoms with Crippen LogP contribution in [0, 0.1) is 0 Å². The van der Waals surface area contributed by atoms with Crippen LogP contribution >= 0.6 is 35.3 Å². The molecule has 1 aromatic heterocycles. The summed E-state index contributed by atoms with van der Waals surface area (Å²) in [6, 6.07) is 4.21. The fraction of sp³-hybridized carbons (Fsp3) is 0.737. The number of rotatable bonds is 9. The van der Waals surface area contributed by atoms with Crippen LogP contribution in [0.25, 0.3) is 0 Å². The van der Waals surface area contributed by atoms with Crippen LogP contribution in [0.5, 0.6) is 0 Å². The lowest BCUT2D eigenvalue weighted by Gasteiger charge is -2.35. The maximum Gasteiger partial charge on any atom is 0.252 e. The number of piperidine rings is 1. The summed E-state index contributed by atoms with van der Waals surface area (Å²) in [5, 5.41) is 6.68. The highest BCUT2D eigenvalue weighted by atomic mass is 127. The van der Waals surface area contributed by atoms with Gasteiger partial charge in [-0.2, -0.15) is 0 Å². The van der Waals surface area contributed by atoms with Crippen LogP contribution < -0.4 is 10.6 Å². The van der Waals surface area contributed by atoms with Crippen LogP contribution in [0.4, 0.5) is 0 Å². The third-order valence-electron chi connectivity index (χ3n) is 5.02. The molecular formula is C19H36IN5O2S2. The lowest BCUT2D eigenvalue weighted by molar-refractivity contribution is 0.147. The minimum Gasteiger partial charge on any atom is -0.357 e. The van der Waals surface area contributed by atoms with Gasteiger partial charge in [-0.05, 0) is 44.9 Å². The molecule has 0 aromatic carbocycles. The molecule has 29 heavy (non-hydrogen) atoms. The van der Waals surface area contributed by atoms with E-state index < -0.39 is 10.0 Å². The van der Waals surface area contributed by atoms with Crippen molar-refractivity contribution in [1.29, 1.82) is 0 Å². The van der Waals surface area contributed by atoms with Crippen LogP contribution in [0.15, 0.2) is 21.3 Å². The van der Waals surface area contributed by atoms with E-state index in [4.69, 9.17) is 0 Å². The SMILES string of the molecule is CCNC(=NCc1ccc(S(=O)(=O)N(C)C)s1)NCCN1CCCCC1CC.I. The Labute approximate surface area is 197 Å². The number of thiophene rings is 1. The molecule has 168 valence electrons. The third-order valence-corrected chi connectivity index (χ3v) is 8.37. The van der Waals surface area contributed by atoms with Crippen molar-refractivity contribution in [3.8, 4) is 0 Å². The molecule has 0 spiro atoms. The molecule has 0 aliphatic carbocycles. The number of halogens is 1. The van der Waals surface area contributed by atoms with E-state index >= 15 is 0 Å². The molecule has 1 aliphatic heterocycles. The van der Waals surface area contributed by atoms with Gasteiger partial charge in [0.1, 0.15) is 4.21 Å². The third kappa shape index (κ3) is 7.97. The summed E-state index contributed by atoms with van der Waals surface area (Å²) in [6.07, 6.45) is 5.16. The Morgan fingerprint density at radius 3 is 2.69 bits per heavy atom. The fourth-order valence-electron chi connectivity index (χ4n) is 3.40. The Morgan fingerprint density at radius 2 is 2.03 bits per heavy atom. The van der Waals surface area contributed by atoms with Crippen molar-refractivity contribution < 1.29 is 8.42 Å². The molecule has 1 aromatic rings. The van der Waals surface area contributed by atoms with Gasteiger partial charge in [0.2, 0.25) is 0 Å². The zero-order valence-electron chi connectivity index (χ0n) is 18.0. The zero-order valence-corrected chi connectivity index (χ0v) is 21.9. The molecule has 2 heterocycles. The van der Waals surface area contributed by atoms with E-state index in [0.29, 0.717) is 16.8 Å². The van der Waals surface area contributed by atoms with Crippen LogP contribution in [-0.4, -0.2) is 69.9 Å². The molecule has 1 atom stereocenters.